The molecule has 0 atom stereocenters. The fourth-order valence-corrected chi connectivity index (χ4v) is 6.67. The molecule has 16 heteroatoms. The first-order valence-corrected chi connectivity index (χ1v) is 19.8. The molecule has 0 amide bonds. The third-order valence-corrected chi connectivity index (χ3v) is 10.4. The summed E-state index contributed by atoms with van der Waals surface area (Å²) in [6, 6.07) is 14.6. The molecule has 259 valence electrons. The molecule has 1 fully saturated rings. The van der Waals surface area contributed by atoms with Gasteiger partial charge in [-0.15, -0.1) is 0 Å². The van der Waals surface area contributed by atoms with Gasteiger partial charge in [-0.1, -0.05) is 48.4 Å². The average Bonchev–Trinajstić information content (AvgIpc) is 3.71. The molecule has 2 aromatic carbocycles. The van der Waals surface area contributed by atoms with Crippen LogP contribution in [0.3, 0.4) is 0 Å². The average molecular weight is 733 g/mol. The molecule has 50 heavy (non-hydrogen) atoms. The SMILES string of the molecule is COc1ccc(CN(Cc2nc3cc(Cl)c(Cl)cc3n2COCC[Si](C)C)c2nc(N3CCOCC3)nc3c(-c4ccnnc4)cnn23)cc1. The predicted molar refractivity (Wildman–Crippen MR) is 196 cm³/mol. The number of hydrogen-bond donors (Lipinski definition) is 0. The molecule has 13 nitrogen and oxygen atoms in total. The summed E-state index contributed by atoms with van der Waals surface area (Å²) in [5, 5.41) is 13.8. The maximum Gasteiger partial charge on any atom is 0.232 e. The number of methoxy groups -OCH3 is 1. The summed E-state index contributed by atoms with van der Waals surface area (Å²) in [6.45, 7) is 8.89. The summed E-state index contributed by atoms with van der Waals surface area (Å²) >= 11 is 13.0. The standard InChI is InChI=1S/C34H37Cl2N10O3Si/c1-47-25-6-4-23(5-7-25)20-44(21-31-40-29-16-27(35)28(36)17-30(29)45(31)22-49-14-15-50(2)3)34-42-33(43-10-12-48-13-11-43)41-32-26(19-39-46(32)34)24-8-9-37-38-18-24/h4-9,16-19H,10-15,20-22H2,1-3H3. The lowest BCUT2D eigenvalue weighted by atomic mass is 10.2. The molecule has 7 rings (SSSR count). The molecule has 5 heterocycles. The van der Waals surface area contributed by atoms with Crippen molar-refractivity contribution in [2.75, 3.05) is 49.8 Å². The lowest BCUT2D eigenvalue weighted by Crippen LogP contribution is -2.38. The zero-order chi connectivity index (χ0) is 34.6. The third-order valence-electron chi connectivity index (χ3n) is 8.51. The van der Waals surface area contributed by atoms with Gasteiger partial charge in [0.25, 0.3) is 0 Å². The second kappa shape index (κ2) is 15.3. The van der Waals surface area contributed by atoms with Crippen molar-refractivity contribution in [3.05, 3.63) is 82.5 Å². The molecule has 1 aliphatic heterocycles. The Hall–Kier alpha value is -4.34. The molecule has 1 saturated heterocycles. The van der Waals surface area contributed by atoms with E-state index in [0.717, 1.165) is 45.3 Å². The summed E-state index contributed by atoms with van der Waals surface area (Å²) in [5.41, 5.74) is 4.93. The van der Waals surface area contributed by atoms with Crippen LogP contribution < -0.4 is 14.5 Å². The summed E-state index contributed by atoms with van der Waals surface area (Å²) in [4.78, 5) is 19.6. The number of anilines is 2. The Morgan fingerprint density at radius 2 is 1.74 bits per heavy atom. The lowest BCUT2D eigenvalue weighted by Gasteiger charge is -2.29. The molecular weight excluding hydrogens is 695 g/mol. The fraction of sp³-hybridized carbons (Fsp3) is 0.353. The van der Waals surface area contributed by atoms with Crippen LogP contribution in [0.4, 0.5) is 11.9 Å². The van der Waals surface area contributed by atoms with Crippen LogP contribution in [-0.2, 0) is 29.3 Å². The van der Waals surface area contributed by atoms with Crippen molar-refractivity contribution in [3.8, 4) is 16.9 Å². The predicted octanol–water partition coefficient (Wildman–Crippen LogP) is 6.02. The van der Waals surface area contributed by atoms with E-state index in [1.807, 2.05) is 36.4 Å². The molecule has 1 radical (unpaired) electrons. The highest BCUT2D eigenvalue weighted by Crippen LogP contribution is 2.32. The number of benzene rings is 2. The van der Waals surface area contributed by atoms with Crippen molar-refractivity contribution in [1.82, 2.24) is 39.3 Å². The van der Waals surface area contributed by atoms with Crippen LogP contribution in [0.25, 0.3) is 27.8 Å². The maximum absolute atomic E-state index is 6.53. The van der Waals surface area contributed by atoms with Crippen LogP contribution in [0.15, 0.2) is 61.1 Å². The molecule has 0 unspecified atom stereocenters. The Bertz CT molecular complexity index is 2070. The highest BCUT2D eigenvalue weighted by atomic mass is 35.5. The van der Waals surface area contributed by atoms with Crippen LogP contribution in [0.5, 0.6) is 5.75 Å². The van der Waals surface area contributed by atoms with Gasteiger partial charge in [0.15, 0.2) is 5.65 Å². The molecule has 0 bridgehead atoms. The first kappa shape index (κ1) is 34.1. The van der Waals surface area contributed by atoms with E-state index in [9.17, 15) is 0 Å². The number of halogens is 2. The minimum Gasteiger partial charge on any atom is -0.497 e. The topological polar surface area (TPSA) is 121 Å². The molecule has 0 aliphatic carbocycles. The molecule has 0 saturated carbocycles. The minimum atomic E-state index is -0.434. The summed E-state index contributed by atoms with van der Waals surface area (Å²) in [7, 11) is 1.23. The number of imidazole rings is 1. The maximum atomic E-state index is 6.53. The van der Waals surface area contributed by atoms with E-state index in [1.54, 1.807) is 36.3 Å². The van der Waals surface area contributed by atoms with Crippen molar-refractivity contribution >= 4 is 60.6 Å². The van der Waals surface area contributed by atoms with Gasteiger partial charge in [0.05, 0.1) is 66.5 Å². The molecule has 0 spiro atoms. The Kier molecular flexibility index (Phi) is 10.4. The monoisotopic (exact) mass is 731 g/mol. The van der Waals surface area contributed by atoms with Crippen molar-refractivity contribution in [2.24, 2.45) is 0 Å². The highest BCUT2D eigenvalue weighted by molar-refractivity contribution is 6.55. The molecule has 4 aromatic heterocycles. The van der Waals surface area contributed by atoms with E-state index >= 15 is 0 Å². The number of aromatic nitrogens is 8. The molecular formula is C34H37Cl2N10O3Si. The Morgan fingerprint density at radius 1 is 0.940 bits per heavy atom. The minimum absolute atomic E-state index is 0.314. The van der Waals surface area contributed by atoms with Gasteiger partial charge in [0.1, 0.15) is 18.3 Å². The fourth-order valence-electron chi connectivity index (χ4n) is 5.80. The molecule has 0 N–H and O–H groups in total. The summed E-state index contributed by atoms with van der Waals surface area (Å²) in [6.07, 6.45) is 5.17. The van der Waals surface area contributed by atoms with Crippen LogP contribution in [0, 0.1) is 0 Å². The van der Waals surface area contributed by atoms with Gasteiger partial charge in [-0.05, 0) is 41.9 Å². The van der Waals surface area contributed by atoms with E-state index in [4.69, 9.17) is 57.5 Å². The number of fused-ring (bicyclic) bond motifs is 2. The van der Waals surface area contributed by atoms with Crippen molar-refractivity contribution in [3.63, 3.8) is 0 Å². The van der Waals surface area contributed by atoms with Crippen LogP contribution >= 0.6 is 23.2 Å². The quantitative estimate of drug-likeness (QED) is 0.102. The van der Waals surface area contributed by atoms with Crippen LogP contribution in [0.1, 0.15) is 11.4 Å². The number of rotatable bonds is 13. The van der Waals surface area contributed by atoms with E-state index < -0.39 is 8.80 Å². The van der Waals surface area contributed by atoms with E-state index in [0.29, 0.717) is 80.3 Å². The largest absolute Gasteiger partial charge is 0.497 e. The van der Waals surface area contributed by atoms with E-state index in [2.05, 4.69) is 37.7 Å². The smallest absolute Gasteiger partial charge is 0.232 e. The zero-order valence-corrected chi connectivity index (χ0v) is 30.6. The van der Waals surface area contributed by atoms with Gasteiger partial charge in [0.2, 0.25) is 11.9 Å². The van der Waals surface area contributed by atoms with Crippen molar-refractivity contribution in [2.45, 2.75) is 39.0 Å². The van der Waals surface area contributed by atoms with Gasteiger partial charge >= 0.3 is 0 Å². The Balaban J connectivity index is 1.37. The van der Waals surface area contributed by atoms with E-state index in [1.165, 1.54) is 0 Å². The number of nitrogens with zero attached hydrogens (tertiary/aromatic N) is 10. The van der Waals surface area contributed by atoms with Gasteiger partial charge in [-0.2, -0.15) is 29.8 Å². The number of morpholine rings is 1. The van der Waals surface area contributed by atoms with Gasteiger partial charge in [-0.3, -0.25) is 0 Å². The van der Waals surface area contributed by atoms with Gasteiger partial charge in [0, 0.05) is 46.2 Å². The second-order valence-electron chi connectivity index (χ2n) is 12.3. The highest BCUT2D eigenvalue weighted by Gasteiger charge is 2.25. The molecule has 6 aromatic rings. The summed E-state index contributed by atoms with van der Waals surface area (Å²) < 4.78 is 21.2. The van der Waals surface area contributed by atoms with Crippen LogP contribution in [0.2, 0.25) is 29.2 Å². The van der Waals surface area contributed by atoms with Crippen LogP contribution in [-0.4, -0.2) is 88.1 Å². The Morgan fingerprint density at radius 3 is 2.48 bits per heavy atom. The Labute approximate surface area is 301 Å². The van der Waals surface area contributed by atoms with Gasteiger partial charge < -0.3 is 28.6 Å². The normalized spacial score (nSPS) is 13.5. The zero-order valence-electron chi connectivity index (χ0n) is 28.1. The lowest BCUT2D eigenvalue weighted by molar-refractivity contribution is 0.0882. The molecule has 1 aliphatic rings. The third kappa shape index (κ3) is 7.39. The van der Waals surface area contributed by atoms with Crippen molar-refractivity contribution in [1.29, 1.82) is 0 Å². The first-order chi connectivity index (χ1) is 24.4. The number of ether oxygens (including phenoxy) is 3. The second-order valence-corrected chi connectivity index (χ2v) is 16.0. The van der Waals surface area contributed by atoms with E-state index in [-0.39, 0.29) is 0 Å². The first-order valence-electron chi connectivity index (χ1n) is 16.3. The van der Waals surface area contributed by atoms with Gasteiger partial charge in [-0.25, -0.2) is 4.98 Å². The number of hydrogen-bond acceptors (Lipinski definition) is 11. The summed E-state index contributed by atoms with van der Waals surface area (Å²) in [5.74, 6) is 2.72. The van der Waals surface area contributed by atoms with Crippen molar-refractivity contribution < 1.29 is 14.2 Å².